The number of aromatic nitrogens is 2. The average molecular weight is 271 g/mol. The van der Waals surface area contributed by atoms with Crippen molar-refractivity contribution in [3.05, 3.63) is 18.2 Å². The average Bonchev–Trinajstić information content (AvgIpc) is 2.79. The van der Waals surface area contributed by atoms with Gasteiger partial charge in [0.25, 0.3) is 0 Å². The van der Waals surface area contributed by atoms with Gasteiger partial charge in [-0.1, -0.05) is 0 Å². The Morgan fingerprint density at radius 2 is 2.00 bits per heavy atom. The molecule has 0 atom stereocenters. The van der Waals surface area contributed by atoms with Gasteiger partial charge in [0.05, 0.1) is 35.3 Å². The zero-order valence-electron chi connectivity index (χ0n) is 11.2. The second kappa shape index (κ2) is 4.66. The number of imidazole rings is 1. The summed E-state index contributed by atoms with van der Waals surface area (Å²) in [7, 11) is -0.891. The van der Waals surface area contributed by atoms with E-state index in [9.17, 15) is 8.42 Å². The van der Waals surface area contributed by atoms with E-state index in [0.717, 1.165) is 5.69 Å². The standard InChI is InChI=1S/C12H21N3O2S/c1-12(2,13-3)11-8-14-9-15(11)10-4-6-18(16,17)7-5-10/h8-10,13H,4-7H2,1-3H3. The zero-order chi connectivity index (χ0) is 13.4. The third-order valence-electron chi connectivity index (χ3n) is 3.85. The summed E-state index contributed by atoms with van der Waals surface area (Å²) in [5.74, 6) is 0.574. The van der Waals surface area contributed by atoms with Crippen molar-refractivity contribution in [2.24, 2.45) is 0 Å². The predicted molar refractivity (Wildman–Crippen MR) is 71.2 cm³/mol. The van der Waals surface area contributed by atoms with Crippen LogP contribution in [0.25, 0.3) is 0 Å². The fourth-order valence-electron chi connectivity index (χ4n) is 2.36. The lowest BCUT2D eigenvalue weighted by molar-refractivity contribution is 0.367. The largest absolute Gasteiger partial charge is 0.330 e. The molecule has 0 unspecified atom stereocenters. The van der Waals surface area contributed by atoms with Gasteiger partial charge in [-0.3, -0.25) is 0 Å². The van der Waals surface area contributed by atoms with Crippen LogP contribution in [-0.2, 0) is 15.4 Å². The maximum atomic E-state index is 11.5. The van der Waals surface area contributed by atoms with Gasteiger partial charge in [0.15, 0.2) is 0 Å². The van der Waals surface area contributed by atoms with Crippen molar-refractivity contribution in [1.29, 1.82) is 0 Å². The van der Waals surface area contributed by atoms with Crippen molar-refractivity contribution in [2.45, 2.75) is 38.3 Å². The maximum absolute atomic E-state index is 11.5. The molecule has 18 heavy (non-hydrogen) atoms. The van der Waals surface area contributed by atoms with Gasteiger partial charge in [-0.05, 0) is 33.7 Å². The molecule has 6 heteroatoms. The molecule has 0 aliphatic carbocycles. The Kier molecular flexibility index (Phi) is 3.51. The van der Waals surface area contributed by atoms with Gasteiger partial charge >= 0.3 is 0 Å². The molecule has 5 nitrogen and oxygen atoms in total. The summed E-state index contributed by atoms with van der Waals surface area (Å²) in [5, 5.41) is 3.26. The summed E-state index contributed by atoms with van der Waals surface area (Å²) in [6, 6.07) is 0.249. The lowest BCUT2D eigenvalue weighted by Gasteiger charge is -2.31. The van der Waals surface area contributed by atoms with Crippen LogP contribution in [-0.4, -0.2) is 36.5 Å². The normalized spacial score (nSPS) is 21.1. The molecule has 0 amide bonds. The number of sulfone groups is 1. The van der Waals surface area contributed by atoms with Crippen LogP contribution in [0.3, 0.4) is 0 Å². The first-order chi connectivity index (χ1) is 8.36. The molecule has 1 aliphatic heterocycles. The van der Waals surface area contributed by atoms with Gasteiger partial charge in [-0.2, -0.15) is 0 Å². The van der Waals surface area contributed by atoms with Crippen LogP contribution in [0.1, 0.15) is 38.4 Å². The number of rotatable bonds is 3. The molecule has 2 heterocycles. The lowest BCUT2D eigenvalue weighted by atomic mass is 10.0. The lowest BCUT2D eigenvalue weighted by Crippen LogP contribution is -2.37. The van der Waals surface area contributed by atoms with E-state index in [4.69, 9.17) is 0 Å². The van der Waals surface area contributed by atoms with Crippen LogP contribution in [0.5, 0.6) is 0 Å². The first kappa shape index (κ1) is 13.5. The van der Waals surface area contributed by atoms with E-state index in [1.807, 2.05) is 19.6 Å². The highest BCUT2D eigenvalue weighted by Gasteiger charge is 2.29. The topological polar surface area (TPSA) is 64.0 Å². The van der Waals surface area contributed by atoms with E-state index in [0.29, 0.717) is 12.8 Å². The summed E-state index contributed by atoms with van der Waals surface area (Å²) in [6.07, 6.45) is 5.05. The Morgan fingerprint density at radius 1 is 1.39 bits per heavy atom. The third-order valence-corrected chi connectivity index (χ3v) is 5.56. The van der Waals surface area contributed by atoms with E-state index < -0.39 is 9.84 Å². The van der Waals surface area contributed by atoms with Crippen molar-refractivity contribution in [3.8, 4) is 0 Å². The molecule has 1 aromatic heterocycles. The van der Waals surface area contributed by atoms with Gasteiger partial charge in [-0.15, -0.1) is 0 Å². The quantitative estimate of drug-likeness (QED) is 0.893. The second-order valence-corrected chi connectivity index (χ2v) is 7.75. The molecule has 0 aromatic carbocycles. The van der Waals surface area contributed by atoms with Crippen LogP contribution in [0.15, 0.2) is 12.5 Å². The third kappa shape index (κ3) is 2.59. The Morgan fingerprint density at radius 3 is 2.56 bits per heavy atom. The van der Waals surface area contributed by atoms with Gasteiger partial charge < -0.3 is 9.88 Å². The second-order valence-electron chi connectivity index (χ2n) is 5.44. The molecule has 1 saturated heterocycles. The van der Waals surface area contributed by atoms with Gasteiger partial charge in [0, 0.05) is 6.04 Å². The number of nitrogens with one attached hydrogen (secondary N) is 1. The van der Waals surface area contributed by atoms with E-state index in [2.05, 4.69) is 28.7 Å². The smallest absolute Gasteiger partial charge is 0.150 e. The molecule has 0 radical (unpaired) electrons. The fraction of sp³-hybridized carbons (Fsp3) is 0.750. The molecular weight excluding hydrogens is 250 g/mol. The Bertz CT molecular complexity index is 505. The Hall–Kier alpha value is -0.880. The molecule has 1 aliphatic rings. The van der Waals surface area contributed by atoms with E-state index in [1.54, 1.807) is 0 Å². The van der Waals surface area contributed by atoms with Crippen LogP contribution < -0.4 is 5.32 Å². The molecular formula is C12H21N3O2S. The maximum Gasteiger partial charge on any atom is 0.150 e. The minimum atomic E-state index is -2.81. The van der Waals surface area contributed by atoms with Crippen LogP contribution in [0.4, 0.5) is 0 Å². The van der Waals surface area contributed by atoms with Crippen LogP contribution >= 0.6 is 0 Å². The molecule has 0 saturated carbocycles. The molecule has 1 aromatic rings. The number of nitrogens with zero attached hydrogens (tertiary/aromatic N) is 2. The summed E-state index contributed by atoms with van der Waals surface area (Å²) < 4.78 is 25.1. The van der Waals surface area contributed by atoms with E-state index >= 15 is 0 Å². The molecule has 2 rings (SSSR count). The number of hydrogen-bond donors (Lipinski definition) is 1. The molecule has 1 N–H and O–H groups in total. The van der Waals surface area contributed by atoms with Crippen molar-refractivity contribution >= 4 is 9.84 Å². The highest BCUT2D eigenvalue weighted by Crippen LogP contribution is 2.29. The fourth-order valence-corrected chi connectivity index (χ4v) is 3.83. The molecule has 0 spiro atoms. The monoisotopic (exact) mass is 271 g/mol. The first-order valence-corrected chi connectivity index (χ1v) is 8.09. The number of hydrogen-bond acceptors (Lipinski definition) is 4. The van der Waals surface area contributed by atoms with Crippen LogP contribution in [0.2, 0.25) is 0 Å². The van der Waals surface area contributed by atoms with E-state index in [1.165, 1.54) is 0 Å². The predicted octanol–water partition coefficient (Wildman–Crippen LogP) is 1.09. The summed E-state index contributed by atoms with van der Waals surface area (Å²) in [4.78, 5) is 4.22. The summed E-state index contributed by atoms with van der Waals surface area (Å²) in [5.41, 5.74) is 0.946. The zero-order valence-corrected chi connectivity index (χ0v) is 12.0. The Balaban J connectivity index is 2.23. The van der Waals surface area contributed by atoms with Gasteiger partial charge in [0.1, 0.15) is 9.84 Å². The van der Waals surface area contributed by atoms with Crippen molar-refractivity contribution in [3.63, 3.8) is 0 Å². The summed E-state index contributed by atoms with van der Waals surface area (Å²) in [6.45, 7) is 4.19. The Labute approximate surface area is 109 Å². The van der Waals surface area contributed by atoms with Crippen molar-refractivity contribution in [1.82, 2.24) is 14.9 Å². The summed E-state index contributed by atoms with van der Waals surface area (Å²) >= 11 is 0. The SMILES string of the molecule is CNC(C)(C)c1cncn1C1CCS(=O)(=O)CC1. The highest BCUT2D eigenvalue weighted by molar-refractivity contribution is 7.91. The van der Waals surface area contributed by atoms with Crippen molar-refractivity contribution in [2.75, 3.05) is 18.6 Å². The molecule has 102 valence electrons. The molecule has 1 fully saturated rings. The first-order valence-electron chi connectivity index (χ1n) is 6.27. The highest BCUT2D eigenvalue weighted by atomic mass is 32.2. The van der Waals surface area contributed by atoms with Crippen LogP contribution in [0, 0.1) is 0 Å². The molecule has 0 bridgehead atoms. The minimum absolute atomic E-state index is 0.160. The van der Waals surface area contributed by atoms with Crippen molar-refractivity contribution < 1.29 is 8.42 Å². The van der Waals surface area contributed by atoms with E-state index in [-0.39, 0.29) is 23.1 Å². The van der Waals surface area contributed by atoms with Gasteiger partial charge in [-0.25, -0.2) is 13.4 Å². The minimum Gasteiger partial charge on any atom is -0.330 e. The van der Waals surface area contributed by atoms with Gasteiger partial charge in [0.2, 0.25) is 0 Å².